The lowest BCUT2D eigenvalue weighted by atomic mass is 10.2. The van der Waals surface area contributed by atoms with Gasteiger partial charge in [0.25, 0.3) is 5.69 Å². The zero-order valence-corrected chi connectivity index (χ0v) is 10.6. The Morgan fingerprint density at radius 2 is 2.00 bits per heavy atom. The fourth-order valence-electron chi connectivity index (χ4n) is 1.33. The molecule has 0 atom stereocenters. The number of nitro groups is 1. The number of nitrogens with one attached hydrogen (secondary N) is 1. The molecule has 0 fully saturated rings. The van der Waals surface area contributed by atoms with E-state index < -0.39 is 10.7 Å². The molecule has 0 saturated heterocycles. The fourth-order valence-corrected chi connectivity index (χ4v) is 1.78. The molecule has 5 nitrogen and oxygen atoms in total. The minimum atomic E-state index is -0.548. The highest BCUT2D eigenvalue weighted by molar-refractivity contribution is 14.1. The van der Waals surface area contributed by atoms with Gasteiger partial charge in [-0.15, -0.1) is 0 Å². The predicted octanol–water partition coefficient (Wildman–Crippen LogP) is 3.02. The molecule has 0 saturated carbocycles. The van der Waals surface area contributed by atoms with Crippen LogP contribution in [-0.2, 0) is 0 Å². The highest BCUT2D eigenvalue weighted by Gasteiger charge is 2.17. The Hall–Kier alpha value is -1.64. The van der Waals surface area contributed by atoms with Crippen molar-refractivity contribution in [3.63, 3.8) is 0 Å². The number of anilines is 1. The fraction of sp³-hybridized carbons (Fsp3) is 0. The first-order chi connectivity index (χ1) is 8.08. The summed E-state index contributed by atoms with van der Waals surface area (Å²) in [6.45, 7) is 0. The Balaban J connectivity index is 2.44. The lowest BCUT2D eigenvalue weighted by Gasteiger charge is -2.08. The van der Waals surface area contributed by atoms with E-state index >= 15 is 0 Å². The first-order valence-corrected chi connectivity index (χ1v) is 5.69. The lowest BCUT2D eigenvalue weighted by Crippen LogP contribution is -2.08. The van der Waals surface area contributed by atoms with E-state index in [2.05, 4.69) is 5.43 Å². The van der Waals surface area contributed by atoms with Gasteiger partial charge in [-0.2, -0.15) is 0 Å². The molecule has 17 heavy (non-hydrogen) atoms. The van der Waals surface area contributed by atoms with Gasteiger partial charge in [-0.3, -0.25) is 20.2 Å². The van der Waals surface area contributed by atoms with Gasteiger partial charge in [0.2, 0.25) is 0 Å². The average Bonchev–Trinajstić information content (AvgIpc) is 2.75. The minimum Gasteiger partial charge on any atom is -0.288 e. The molecule has 1 aromatic carbocycles. The van der Waals surface area contributed by atoms with Crippen molar-refractivity contribution in [3.8, 4) is 0 Å². The second-order valence-corrected chi connectivity index (χ2v) is 4.40. The summed E-state index contributed by atoms with van der Waals surface area (Å²) in [6, 6.07) is 5.81. The van der Waals surface area contributed by atoms with Gasteiger partial charge in [-0.05, 0) is 34.7 Å². The van der Waals surface area contributed by atoms with E-state index in [9.17, 15) is 14.5 Å². The van der Waals surface area contributed by atoms with Crippen molar-refractivity contribution in [2.24, 2.45) is 0 Å². The minimum absolute atomic E-state index is 0.115. The van der Waals surface area contributed by atoms with E-state index in [4.69, 9.17) is 0 Å². The number of hydrogen-bond donors (Lipinski definition) is 1. The van der Waals surface area contributed by atoms with Gasteiger partial charge >= 0.3 is 0 Å². The third-order valence-corrected chi connectivity index (χ3v) is 2.92. The summed E-state index contributed by atoms with van der Waals surface area (Å²) in [4.78, 5) is 10.3. The van der Waals surface area contributed by atoms with Crippen molar-refractivity contribution < 1.29 is 9.31 Å². The number of aromatic nitrogens is 1. The monoisotopic (exact) mass is 347 g/mol. The van der Waals surface area contributed by atoms with E-state index in [0.717, 1.165) is 6.07 Å². The molecule has 1 aromatic heterocycles. The van der Waals surface area contributed by atoms with Crippen molar-refractivity contribution in [2.45, 2.75) is 0 Å². The SMILES string of the molecule is O=[N+]([O-])c1cc(I)c(F)cc1Nn1cccc1. The second kappa shape index (κ2) is 4.70. The highest BCUT2D eigenvalue weighted by atomic mass is 127. The molecule has 1 N–H and O–H groups in total. The van der Waals surface area contributed by atoms with Crippen LogP contribution in [0, 0.1) is 19.5 Å². The molecule has 0 spiro atoms. The van der Waals surface area contributed by atoms with Crippen molar-refractivity contribution in [1.29, 1.82) is 0 Å². The summed E-state index contributed by atoms with van der Waals surface area (Å²) in [6.07, 6.45) is 3.33. The van der Waals surface area contributed by atoms with Crippen LogP contribution in [0.5, 0.6) is 0 Å². The predicted molar refractivity (Wildman–Crippen MR) is 69.2 cm³/mol. The normalized spacial score (nSPS) is 10.2. The lowest BCUT2D eigenvalue weighted by molar-refractivity contribution is -0.384. The summed E-state index contributed by atoms with van der Waals surface area (Å²) in [5.41, 5.74) is 2.69. The summed E-state index contributed by atoms with van der Waals surface area (Å²) in [7, 11) is 0. The van der Waals surface area contributed by atoms with Gasteiger partial charge in [0.1, 0.15) is 11.5 Å². The van der Waals surface area contributed by atoms with Crippen LogP contribution in [0.2, 0.25) is 0 Å². The van der Waals surface area contributed by atoms with Crippen LogP contribution in [0.1, 0.15) is 0 Å². The zero-order valence-electron chi connectivity index (χ0n) is 8.43. The van der Waals surface area contributed by atoms with Crippen LogP contribution < -0.4 is 5.43 Å². The molecule has 1 heterocycles. The molecule has 2 aromatic rings. The van der Waals surface area contributed by atoms with E-state index in [1.54, 1.807) is 47.1 Å². The Morgan fingerprint density at radius 1 is 1.35 bits per heavy atom. The molecule has 7 heteroatoms. The maximum atomic E-state index is 13.4. The maximum Gasteiger partial charge on any atom is 0.295 e. The van der Waals surface area contributed by atoms with Gasteiger partial charge in [-0.1, -0.05) is 0 Å². The van der Waals surface area contributed by atoms with Crippen LogP contribution >= 0.6 is 22.6 Å². The maximum absolute atomic E-state index is 13.4. The molecular formula is C10H7FIN3O2. The molecule has 0 amide bonds. The quantitative estimate of drug-likeness (QED) is 0.528. The first kappa shape index (κ1) is 11.8. The summed E-state index contributed by atoms with van der Waals surface area (Å²) in [5, 5.41) is 10.8. The third-order valence-electron chi connectivity index (χ3n) is 2.09. The number of benzene rings is 1. The summed E-state index contributed by atoms with van der Waals surface area (Å²) >= 11 is 1.72. The molecular weight excluding hydrogens is 340 g/mol. The van der Waals surface area contributed by atoms with Gasteiger partial charge in [-0.25, -0.2) is 4.39 Å². The number of rotatable bonds is 3. The van der Waals surface area contributed by atoms with E-state index in [1.807, 2.05) is 0 Å². The summed E-state index contributed by atoms with van der Waals surface area (Å²) in [5.74, 6) is -0.495. The number of hydrogen-bond acceptors (Lipinski definition) is 3. The Bertz CT molecular complexity index is 557. The summed E-state index contributed by atoms with van der Waals surface area (Å²) < 4.78 is 15.1. The molecule has 0 aliphatic rings. The smallest absolute Gasteiger partial charge is 0.288 e. The van der Waals surface area contributed by atoms with Crippen LogP contribution in [-0.4, -0.2) is 9.60 Å². The van der Waals surface area contributed by atoms with Crippen molar-refractivity contribution in [3.05, 3.63) is 56.2 Å². The average molecular weight is 347 g/mol. The third kappa shape index (κ3) is 2.54. The highest BCUT2D eigenvalue weighted by Crippen LogP contribution is 2.28. The van der Waals surface area contributed by atoms with Crippen LogP contribution in [0.4, 0.5) is 15.8 Å². The Kier molecular flexibility index (Phi) is 3.27. The molecule has 0 bridgehead atoms. The van der Waals surface area contributed by atoms with Gasteiger partial charge in [0.05, 0.1) is 8.49 Å². The number of nitrogens with zero attached hydrogens (tertiary/aromatic N) is 2. The molecule has 2 rings (SSSR count). The van der Waals surface area contributed by atoms with E-state index in [0.29, 0.717) is 0 Å². The molecule has 0 radical (unpaired) electrons. The van der Waals surface area contributed by atoms with Crippen molar-refractivity contribution >= 4 is 34.0 Å². The molecule has 0 unspecified atom stereocenters. The first-order valence-electron chi connectivity index (χ1n) is 4.61. The second-order valence-electron chi connectivity index (χ2n) is 3.24. The van der Waals surface area contributed by atoms with Gasteiger partial charge < -0.3 is 0 Å². The zero-order chi connectivity index (χ0) is 12.4. The van der Waals surface area contributed by atoms with Gasteiger partial charge in [0.15, 0.2) is 0 Å². The van der Waals surface area contributed by atoms with Crippen molar-refractivity contribution in [2.75, 3.05) is 5.43 Å². The van der Waals surface area contributed by atoms with Gasteiger partial charge in [0, 0.05) is 24.5 Å². The molecule has 88 valence electrons. The van der Waals surface area contributed by atoms with E-state index in [1.165, 1.54) is 10.7 Å². The number of halogens is 2. The van der Waals surface area contributed by atoms with Crippen LogP contribution in [0.3, 0.4) is 0 Å². The largest absolute Gasteiger partial charge is 0.295 e. The van der Waals surface area contributed by atoms with E-state index in [-0.39, 0.29) is 14.9 Å². The molecule has 0 aliphatic heterocycles. The standard InChI is InChI=1S/C10H7FIN3O2/c11-7-5-9(13-14-3-1-2-4-14)10(15(16)17)6-8(7)12/h1-6,13H. The molecule has 0 aliphatic carbocycles. The van der Waals surface area contributed by atoms with Crippen molar-refractivity contribution in [1.82, 2.24) is 4.68 Å². The number of nitro benzene ring substituents is 1. The Labute approximate surface area is 110 Å². The van der Waals surface area contributed by atoms with Crippen LogP contribution in [0.25, 0.3) is 0 Å². The Morgan fingerprint density at radius 3 is 2.59 bits per heavy atom. The van der Waals surface area contributed by atoms with Crippen LogP contribution in [0.15, 0.2) is 36.7 Å². The topological polar surface area (TPSA) is 60.1 Å².